The number of ketones is 2. The molecule has 2 atom stereocenters. The van der Waals surface area contributed by atoms with Gasteiger partial charge in [-0.3, -0.25) is 9.59 Å². The second-order valence-corrected chi connectivity index (χ2v) is 4.37. The van der Waals surface area contributed by atoms with Gasteiger partial charge in [-0.05, 0) is 13.8 Å². The van der Waals surface area contributed by atoms with E-state index in [0.29, 0.717) is 12.8 Å². The summed E-state index contributed by atoms with van der Waals surface area (Å²) < 4.78 is 0. The van der Waals surface area contributed by atoms with Gasteiger partial charge in [0.25, 0.3) is 0 Å². The number of Topliss-reactive ketones (excluding diaryl/α,β-unsaturated/α-hetero) is 2. The van der Waals surface area contributed by atoms with E-state index < -0.39 is 10.8 Å². The Morgan fingerprint density at radius 2 is 1.33 bits per heavy atom. The Morgan fingerprint density at radius 3 is 1.58 bits per heavy atom. The van der Waals surface area contributed by atoms with Crippen molar-refractivity contribution in [1.29, 1.82) is 0 Å². The van der Waals surface area contributed by atoms with Crippen LogP contribution in [-0.2, 0) is 9.59 Å². The standard InChI is InChI=1S/C10H12O2/c1-9-3-4-10(2,6-7(9)11)8(12)5-9/h3-4H,5-6H2,1-2H3/t9-,10-/m0/s1. The van der Waals surface area contributed by atoms with E-state index in [2.05, 4.69) is 0 Å². The molecule has 64 valence electrons. The molecule has 0 unspecified atom stereocenters. The quantitative estimate of drug-likeness (QED) is 0.508. The van der Waals surface area contributed by atoms with Crippen LogP contribution in [0.25, 0.3) is 0 Å². The third-order valence-electron chi connectivity index (χ3n) is 3.15. The molecule has 0 aliphatic heterocycles. The van der Waals surface area contributed by atoms with Crippen molar-refractivity contribution in [3.63, 3.8) is 0 Å². The largest absolute Gasteiger partial charge is 0.299 e. The monoisotopic (exact) mass is 164 g/mol. The van der Waals surface area contributed by atoms with Gasteiger partial charge < -0.3 is 0 Å². The SMILES string of the molecule is C[C@@]12C=C[C@@](C)(CC1=O)C(=O)C2. The van der Waals surface area contributed by atoms with Crippen molar-refractivity contribution in [2.45, 2.75) is 26.7 Å². The summed E-state index contributed by atoms with van der Waals surface area (Å²) in [6.07, 6.45) is 4.61. The molecule has 0 aromatic carbocycles. The summed E-state index contributed by atoms with van der Waals surface area (Å²) in [5.41, 5.74) is -0.955. The molecule has 3 aliphatic carbocycles. The lowest BCUT2D eigenvalue weighted by Gasteiger charge is -2.42. The lowest BCUT2D eigenvalue weighted by Crippen LogP contribution is -2.47. The molecule has 2 bridgehead atoms. The van der Waals surface area contributed by atoms with Crippen LogP contribution in [0, 0.1) is 10.8 Å². The third-order valence-corrected chi connectivity index (χ3v) is 3.15. The van der Waals surface area contributed by atoms with E-state index in [1.54, 1.807) is 0 Å². The first-order valence-electron chi connectivity index (χ1n) is 4.23. The van der Waals surface area contributed by atoms with Crippen LogP contribution in [-0.4, -0.2) is 11.6 Å². The lowest BCUT2D eigenvalue weighted by atomic mass is 9.58. The number of carbonyl (C=O) groups excluding carboxylic acids is 2. The summed E-state index contributed by atoms with van der Waals surface area (Å²) in [7, 11) is 0. The smallest absolute Gasteiger partial charge is 0.144 e. The maximum absolute atomic E-state index is 11.5. The molecule has 0 radical (unpaired) electrons. The van der Waals surface area contributed by atoms with Crippen LogP contribution in [0.15, 0.2) is 12.2 Å². The third kappa shape index (κ3) is 0.752. The van der Waals surface area contributed by atoms with Crippen molar-refractivity contribution in [1.82, 2.24) is 0 Å². The zero-order valence-electron chi connectivity index (χ0n) is 7.39. The molecule has 0 aromatic rings. The van der Waals surface area contributed by atoms with Gasteiger partial charge in [0.05, 0.1) is 10.8 Å². The Labute approximate surface area is 71.6 Å². The maximum Gasteiger partial charge on any atom is 0.144 e. The van der Waals surface area contributed by atoms with Gasteiger partial charge in [-0.15, -0.1) is 0 Å². The number of fused-ring (bicyclic) bond motifs is 2. The summed E-state index contributed by atoms with van der Waals surface area (Å²) in [5.74, 6) is 0.430. The van der Waals surface area contributed by atoms with E-state index in [1.165, 1.54) is 0 Å². The van der Waals surface area contributed by atoms with Crippen molar-refractivity contribution < 1.29 is 9.59 Å². The predicted octanol–water partition coefficient (Wildman–Crippen LogP) is 1.50. The molecule has 1 fully saturated rings. The number of carbonyl (C=O) groups is 2. The van der Waals surface area contributed by atoms with E-state index in [1.807, 2.05) is 26.0 Å². The second kappa shape index (κ2) is 1.87. The first kappa shape index (κ1) is 7.71. The van der Waals surface area contributed by atoms with Crippen molar-refractivity contribution in [3.8, 4) is 0 Å². The minimum atomic E-state index is -0.477. The van der Waals surface area contributed by atoms with Gasteiger partial charge in [-0.1, -0.05) is 12.2 Å². The fourth-order valence-corrected chi connectivity index (χ4v) is 1.94. The highest BCUT2D eigenvalue weighted by atomic mass is 16.1. The Hall–Kier alpha value is -0.920. The molecule has 0 aromatic heterocycles. The molecular formula is C10H12O2. The molecule has 3 aliphatic rings. The van der Waals surface area contributed by atoms with E-state index in [4.69, 9.17) is 0 Å². The molecule has 0 amide bonds. The fourth-order valence-electron chi connectivity index (χ4n) is 1.94. The molecule has 3 rings (SSSR count). The van der Waals surface area contributed by atoms with Gasteiger partial charge >= 0.3 is 0 Å². The second-order valence-electron chi connectivity index (χ2n) is 4.37. The Morgan fingerprint density at radius 1 is 1.00 bits per heavy atom. The van der Waals surface area contributed by atoms with Gasteiger partial charge in [0.2, 0.25) is 0 Å². The van der Waals surface area contributed by atoms with Crippen LogP contribution in [0.5, 0.6) is 0 Å². The van der Waals surface area contributed by atoms with Gasteiger partial charge in [-0.25, -0.2) is 0 Å². The van der Waals surface area contributed by atoms with Crippen molar-refractivity contribution in [2.24, 2.45) is 10.8 Å². The average molecular weight is 164 g/mol. The van der Waals surface area contributed by atoms with Crippen LogP contribution >= 0.6 is 0 Å². The lowest BCUT2D eigenvalue weighted by molar-refractivity contribution is -0.144. The van der Waals surface area contributed by atoms with Crippen LogP contribution in [0.3, 0.4) is 0 Å². The van der Waals surface area contributed by atoms with Gasteiger partial charge in [0.1, 0.15) is 11.6 Å². The highest BCUT2D eigenvalue weighted by molar-refractivity contribution is 6.04. The Kier molecular flexibility index (Phi) is 1.20. The van der Waals surface area contributed by atoms with Crippen molar-refractivity contribution in [2.75, 3.05) is 0 Å². The Balaban J connectivity index is 2.54. The number of allylic oxidation sites excluding steroid dienone is 2. The topological polar surface area (TPSA) is 34.1 Å². The highest BCUT2D eigenvalue weighted by Gasteiger charge is 2.50. The van der Waals surface area contributed by atoms with Crippen molar-refractivity contribution >= 4 is 11.6 Å². The van der Waals surface area contributed by atoms with Crippen LogP contribution in [0.2, 0.25) is 0 Å². The summed E-state index contributed by atoms with van der Waals surface area (Å²) in [4.78, 5) is 23.0. The number of hydrogen-bond donors (Lipinski definition) is 0. The average Bonchev–Trinajstić information content (AvgIpc) is 1.96. The van der Waals surface area contributed by atoms with E-state index >= 15 is 0 Å². The molecule has 1 saturated carbocycles. The minimum absolute atomic E-state index is 0.215. The highest BCUT2D eigenvalue weighted by Crippen LogP contribution is 2.47. The predicted molar refractivity (Wildman–Crippen MR) is 44.6 cm³/mol. The molecular weight excluding hydrogens is 152 g/mol. The van der Waals surface area contributed by atoms with Gasteiger partial charge in [0, 0.05) is 12.8 Å². The van der Waals surface area contributed by atoms with Gasteiger partial charge in [0.15, 0.2) is 0 Å². The first-order chi connectivity index (χ1) is 5.46. The minimum Gasteiger partial charge on any atom is -0.299 e. The van der Waals surface area contributed by atoms with Crippen molar-refractivity contribution in [3.05, 3.63) is 12.2 Å². The molecule has 0 saturated heterocycles. The molecule has 0 N–H and O–H groups in total. The van der Waals surface area contributed by atoms with E-state index in [-0.39, 0.29) is 11.6 Å². The number of hydrogen-bond acceptors (Lipinski definition) is 2. The fraction of sp³-hybridized carbons (Fsp3) is 0.600. The maximum atomic E-state index is 11.5. The van der Waals surface area contributed by atoms with Crippen LogP contribution in [0.1, 0.15) is 26.7 Å². The molecule has 0 spiro atoms. The van der Waals surface area contributed by atoms with E-state index in [0.717, 1.165) is 0 Å². The van der Waals surface area contributed by atoms with Crippen LogP contribution in [0.4, 0.5) is 0 Å². The van der Waals surface area contributed by atoms with Gasteiger partial charge in [-0.2, -0.15) is 0 Å². The summed E-state index contributed by atoms with van der Waals surface area (Å²) in [6, 6.07) is 0. The Bertz CT molecular complexity index is 273. The molecule has 0 heterocycles. The molecule has 2 heteroatoms. The molecule has 2 nitrogen and oxygen atoms in total. The van der Waals surface area contributed by atoms with Crippen LogP contribution < -0.4 is 0 Å². The van der Waals surface area contributed by atoms with E-state index in [9.17, 15) is 9.59 Å². The zero-order chi connectivity index (χ0) is 8.98. The number of rotatable bonds is 0. The first-order valence-corrected chi connectivity index (χ1v) is 4.23. The molecule has 12 heavy (non-hydrogen) atoms. The summed E-state index contributed by atoms with van der Waals surface area (Å²) in [6.45, 7) is 3.70. The normalized spacial score (nSPS) is 45.5. The summed E-state index contributed by atoms with van der Waals surface area (Å²) in [5, 5.41) is 0. The summed E-state index contributed by atoms with van der Waals surface area (Å²) >= 11 is 0. The zero-order valence-corrected chi connectivity index (χ0v) is 7.39.